The van der Waals surface area contributed by atoms with Crippen LogP contribution in [-0.2, 0) is 0 Å². The third kappa shape index (κ3) is 21.7. The molecule has 0 atom stereocenters. The number of benzene rings is 10. The van der Waals surface area contributed by atoms with E-state index in [9.17, 15) is 52.7 Å². The van der Waals surface area contributed by atoms with Gasteiger partial charge in [-0.05, 0) is 335 Å². The smallest absolute Gasteiger partial charge is 0.167 e. The highest BCUT2D eigenvalue weighted by molar-refractivity contribution is 5.72. The average molecular weight is 1580 g/mol. The summed E-state index contributed by atoms with van der Waals surface area (Å²) in [5.41, 5.74) is 17.1. The Kier molecular flexibility index (Phi) is 31.2. The van der Waals surface area contributed by atoms with Crippen molar-refractivity contribution in [3.63, 3.8) is 0 Å². The van der Waals surface area contributed by atoms with Gasteiger partial charge in [-0.1, -0.05) is 195 Å². The molecule has 0 nitrogen and oxygen atoms in total. The van der Waals surface area contributed by atoms with Crippen LogP contribution in [0.15, 0.2) is 133 Å². The minimum Gasteiger partial charge on any atom is -0.203 e. The van der Waals surface area contributed by atoms with Crippen LogP contribution in [-0.4, -0.2) is 0 Å². The van der Waals surface area contributed by atoms with Gasteiger partial charge in [0.05, 0.1) is 0 Å². The van der Waals surface area contributed by atoms with E-state index >= 15 is 0 Å². The molecule has 4 aliphatic rings. The summed E-state index contributed by atoms with van der Waals surface area (Å²) in [6.45, 7) is 33.2. The molecule has 0 saturated heterocycles. The normalized spacial score (nSPS) is 19.3. The van der Waals surface area contributed by atoms with Crippen molar-refractivity contribution < 1.29 is 58.4 Å². The molecule has 0 radical (unpaired) electrons. The molecule has 10 aromatic rings. The lowest BCUT2D eigenvalue weighted by Gasteiger charge is -2.37. The molecule has 0 amide bonds. The van der Waals surface area contributed by atoms with Gasteiger partial charge in [-0.3, -0.25) is 0 Å². The Balaban J connectivity index is 0.000000252. The van der Waals surface area contributed by atoms with E-state index in [1.807, 2.05) is 151 Å². The van der Waals surface area contributed by atoms with Crippen molar-refractivity contribution in [2.24, 2.45) is 35.5 Å². The molecule has 4 saturated carbocycles. The molecule has 616 valence electrons. The van der Waals surface area contributed by atoms with Gasteiger partial charge >= 0.3 is 0 Å². The Bertz CT molecular complexity index is 4430. The predicted octanol–water partition coefficient (Wildman–Crippen LogP) is 32.6. The summed E-state index contributed by atoms with van der Waals surface area (Å²) in [6.07, 6.45) is 19.9. The highest BCUT2D eigenvalue weighted by atomic mass is 19.2. The van der Waals surface area contributed by atoms with Crippen molar-refractivity contribution in [3.8, 4) is 44.5 Å². The largest absolute Gasteiger partial charge is 0.203 e. The molecule has 0 N–H and O–H groups in total. The van der Waals surface area contributed by atoms with Crippen LogP contribution in [0.5, 0.6) is 0 Å². The number of rotatable bonds is 8. The maximum absolute atomic E-state index is 14.4. The molecular weight excluding hydrogens is 1450 g/mol. The Morgan fingerprint density at radius 2 is 0.360 bits per heavy atom. The van der Waals surface area contributed by atoms with E-state index < -0.39 is 69.8 Å². The van der Waals surface area contributed by atoms with Gasteiger partial charge < -0.3 is 0 Å². The van der Waals surface area contributed by atoms with E-state index in [4.69, 9.17) is 0 Å². The third-order valence-electron chi connectivity index (χ3n) is 24.8. The van der Waals surface area contributed by atoms with Crippen LogP contribution in [0.2, 0.25) is 0 Å². The van der Waals surface area contributed by atoms with Crippen LogP contribution in [0.25, 0.3) is 44.5 Å². The zero-order valence-electron chi connectivity index (χ0n) is 70.2. The quantitative estimate of drug-likeness (QED) is 0.133. The average Bonchev–Trinajstić information content (AvgIpc) is 0.829. The first kappa shape index (κ1) is 89.3. The van der Waals surface area contributed by atoms with Crippen molar-refractivity contribution in [2.45, 2.75) is 239 Å². The molecule has 4 aliphatic carbocycles. The second-order valence-corrected chi connectivity index (χ2v) is 33.9. The molecule has 0 bridgehead atoms. The fraction of sp³-hybridized carbons (Fsp3) is 0.412. The number of hydrogen-bond acceptors (Lipinski definition) is 0. The maximum Gasteiger partial charge on any atom is 0.167 e. The van der Waals surface area contributed by atoms with Gasteiger partial charge in [0, 0.05) is 28.0 Å². The van der Waals surface area contributed by atoms with Crippen molar-refractivity contribution in [1.82, 2.24) is 0 Å². The SMILES string of the molecule is Cc1cc(C)c(C2CCC(C3CCC(C)CC3)CC2)c(F)c1F.Cc1cc(C)c(C2CCC(C3CCC(C)CC3)CC2)c(F)c1F.Cc1ccc(-c2c(C)cc(C)c(F)c2F)cc1.Cc1ccc(-c2c(C)cc(C)c(F)c2F)cc1.Cc1ccc(-c2c(C)cc(C)c(F)c2F)cc1.Cc1ccc(-c2c(C)cc(C)c(F)c2F)cc1.[HH].[HH].[HH].[HH]. The third-order valence-corrected chi connectivity index (χ3v) is 24.8. The monoisotopic (exact) mass is 1580 g/mol. The lowest BCUT2D eigenvalue weighted by atomic mass is 9.68. The highest BCUT2D eigenvalue weighted by Crippen LogP contribution is 2.48. The van der Waals surface area contributed by atoms with Gasteiger partial charge in [0.2, 0.25) is 0 Å². The highest BCUT2D eigenvalue weighted by Gasteiger charge is 2.35. The van der Waals surface area contributed by atoms with E-state index in [1.165, 1.54) is 77.0 Å². The molecule has 0 aromatic heterocycles. The summed E-state index contributed by atoms with van der Waals surface area (Å²) < 4.78 is 167. The summed E-state index contributed by atoms with van der Waals surface area (Å²) in [6, 6.07) is 40.0. The summed E-state index contributed by atoms with van der Waals surface area (Å²) in [7, 11) is 0. The molecule has 4 fully saturated rings. The Morgan fingerprint density at radius 1 is 0.193 bits per heavy atom. The van der Waals surface area contributed by atoms with Gasteiger partial charge in [0.1, 0.15) is 0 Å². The van der Waals surface area contributed by atoms with Crippen molar-refractivity contribution in [1.29, 1.82) is 0 Å². The van der Waals surface area contributed by atoms with Crippen LogP contribution in [0.3, 0.4) is 0 Å². The first-order valence-electron chi connectivity index (χ1n) is 40.9. The van der Waals surface area contributed by atoms with Crippen molar-refractivity contribution in [2.75, 3.05) is 0 Å². The number of halogens is 12. The lowest BCUT2D eigenvalue weighted by molar-refractivity contribution is 0.164. The van der Waals surface area contributed by atoms with Crippen LogP contribution in [0, 0.1) is 216 Å². The first-order chi connectivity index (χ1) is 54.0. The number of aryl methyl sites for hydroxylation is 16. The lowest BCUT2D eigenvalue weighted by Crippen LogP contribution is -2.25. The Labute approximate surface area is 677 Å². The molecule has 0 heterocycles. The zero-order chi connectivity index (χ0) is 83.4. The minimum atomic E-state index is -0.758. The van der Waals surface area contributed by atoms with E-state index in [0.29, 0.717) is 89.0 Å². The number of hydrogen-bond donors (Lipinski definition) is 0. The van der Waals surface area contributed by atoms with Crippen molar-refractivity contribution in [3.05, 3.63) is 303 Å². The second kappa shape index (κ2) is 39.8. The fourth-order valence-corrected chi connectivity index (χ4v) is 18.1. The molecule has 12 heteroatoms. The molecule has 114 heavy (non-hydrogen) atoms. The van der Waals surface area contributed by atoms with Gasteiger partial charge in [-0.2, -0.15) is 0 Å². The van der Waals surface area contributed by atoms with Crippen LogP contribution >= 0.6 is 0 Å². The summed E-state index contributed by atoms with van der Waals surface area (Å²) in [4.78, 5) is 0. The summed E-state index contributed by atoms with van der Waals surface area (Å²) in [5, 5.41) is 0. The van der Waals surface area contributed by atoms with E-state index in [2.05, 4.69) is 13.8 Å². The van der Waals surface area contributed by atoms with E-state index in [1.54, 1.807) is 93.5 Å². The molecular formula is C102H124F12. The maximum atomic E-state index is 14.4. The zero-order valence-corrected chi connectivity index (χ0v) is 70.2. The van der Waals surface area contributed by atoms with Gasteiger partial charge in [-0.25, -0.2) is 52.7 Å². The molecule has 0 unspecified atom stereocenters. The standard InChI is InChI=1S/2C21H30F2.4C15H14F2.4H2/c2*1-13-4-6-16(7-5-13)17-8-10-18(11-9-17)19-14(2)12-15(3)20(22)21(19)23;4*1-9-4-6-12(7-5-9)13-10(2)8-11(3)14(16)15(13)17;;;;/h2*12-13,16-18H,4-11H2,1-3H3;4*4-8H,1-3H3;4*1H. The van der Waals surface area contributed by atoms with Crippen molar-refractivity contribution >= 4 is 0 Å². The topological polar surface area (TPSA) is 0 Å². The fourth-order valence-electron chi connectivity index (χ4n) is 18.1. The Morgan fingerprint density at radius 3 is 0.553 bits per heavy atom. The van der Waals surface area contributed by atoms with Crippen LogP contribution in [0.1, 0.15) is 234 Å². The van der Waals surface area contributed by atoms with Gasteiger partial charge in [0.15, 0.2) is 69.8 Å². The molecule has 14 rings (SSSR count). The van der Waals surface area contributed by atoms with Gasteiger partial charge in [-0.15, -0.1) is 0 Å². The predicted molar refractivity (Wildman–Crippen MR) is 456 cm³/mol. The second-order valence-electron chi connectivity index (χ2n) is 33.9. The molecule has 0 aliphatic heterocycles. The van der Waals surface area contributed by atoms with E-state index in [-0.39, 0.29) is 17.5 Å². The van der Waals surface area contributed by atoms with Crippen LogP contribution in [0.4, 0.5) is 52.7 Å². The Hall–Kier alpha value is -8.64. The molecule has 10 aromatic carbocycles. The molecule has 0 spiro atoms. The first-order valence-corrected chi connectivity index (χ1v) is 40.9. The van der Waals surface area contributed by atoms with Gasteiger partial charge in [0.25, 0.3) is 0 Å². The van der Waals surface area contributed by atoms with E-state index in [0.717, 1.165) is 117 Å². The summed E-state index contributed by atoms with van der Waals surface area (Å²) >= 11 is 0. The minimum absolute atomic E-state index is 0. The van der Waals surface area contributed by atoms with Crippen LogP contribution < -0.4 is 0 Å². The summed E-state index contributed by atoms with van der Waals surface area (Å²) in [5.74, 6) is -2.91.